The molecule has 1 rings (SSSR count). The number of sulfone groups is 1. The molecular formula is C13H21N3O3S. The Morgan fingerprint density at radius 3 is 2.40 bits per heavy atom. The van der Waals surface area contributed by atoms with Crippen LogP contribution in [0.4, 0.5) is 0 Å². The highest BCUT2D eigenvalue weighted by Crippen LogP contribution is 2.12. The maximum absolute atomic E-state index is 12.1. The standard InChI is InChI=1S/C13H21N3O3S/c1-10(17)9-16(2)7-8-20(18,19)12-5-3-11(4-6-12)13(14)15/h3-6,10,17H,7-9H2,1-2H3,(H3,14,15). The third-order valence-electron chi connectivity index (χ3n) is 2.84. The largest absolute Gasteiger partial charge is 0.392 e. The number of amidine groups is 1. The van der Waals surface area contributed by atoms with E-state index in [4.69, 9.17) is 11.1 Å². The second kappa shape index (κ2) is 6.83. The van der Waals surface area contributed by atoms with Gasteiger partial charge in [0.05, 0.1) is 16.8 Å². The van der Waals surface area contributed by atoms with Gasteiger partial charge in [-0.25, -0.2) is 8.42 Å². The van der Waals surface area contributed by atoms with Crippen LogP contribution in [0.3, 0.4) is 0 Å². The third kappa shape index (κ3) is 4.92. The second-order valence-corrected chi connectivity index (χ2v) is 6.98. The molecule has 0 aliphatic heterocycles. The lowest BCUT2D eigenvalue weighted by Gasteiger charge is -2.18. The number of aliphatic hydroxyl groups is 1. The fraction of sp³-hybridized carbons (Fsp3) is 0.462. The van der Waals surface area contributed by atoms with Crippen LogP contribution >= 0.6 is 0 Å². The van der Waals surface area contributed by atoms with Crippen LogP contribution in [-0.4, -0.2) is 56.3 Å². The van der Waals surface area contributed by atoms with Crippen molar-refractivity contribution >= 4 is 15.7 Å². The van der Waals surface area contributed by atoms with Crippen LogP contribution < -0.4 is 5.73 Å². The van der Waals surface area contributed by atoms with Gasteiger partial charge >= 0.3 is 0 Å². The Balaban J connectivity index is 2.71. The van der Waals surface area contributed by atoms with Crippen molar-refractivity contribution in [3.8, 4) is 0 Å². The lowest BCUT2D eigenvalue weighted by atomic mass is 10.2. The van der Waals surface area contributed by atoms with Crippen molar-refractivity contribution < 1.29 is 13.5 Å². The molecule has 0 bridgehead atoms. The molecule has 1 atom stereocenters. The zero-order valence-electron chi connectivity index (χ0n) is 11.7. The lowest BCUT2D eigenvalue weighted by Crippen LogP contribution is -2.31. The maximum atomic E-state index is 12.1. The van der Waals surface area contributed by atoms with E-state index >= 15 is 0 Å². The zero-order valence-corrected chi connectivity index (χ0v) is 12.5. The molecule has 0 spiro atoms. The summed E-state index contributed by atoms with van der Waals surface area (Å²) in [6, 6.07) is 5.96. The van der Waals surface area contributed by atoms with E-state index in [0.29, 0.717) is 18.7 Å². The van der Waals surface area contributed by atoms with E-state index in [9.17, 15) is 13.5 Å². The molecule has 1 aromatic carbocycles. The van der Waals surface area contributed by atoms with Gasteiger partial charge in [0, 0.05) is 18.7 Å². The number of nitrogens with two attached hydrogens (primary N) is 1. The molecule has 0 fully saturated rings. The van der Waals surface area contributed by atoms with Gasteiger partial charge in [-0.15, -0.1) is 0 Å². The van der Waals surface area contributed by atoms with E-state index in [0.717, 1.165) is 0 Å². The molecule has 20 heavy (non-hydrogen) atoms. The predicted octanol–water partition coefficient (Wildman–Crippen LogP) is 0.0570. The normalized spacial score (nSPS) is 13.4. The van der Waals surface area contributed by atoms with Crippen LogP contribution in [0, 0.1) is 5.41 Å². The summed E-state index contributed by atoms with van der Waals surface area (Å²) in [4.78, 5) is 1.99. The summed E-state index contributed by atoms with van der Waals surface area (Å²) in [7, 11) is -1.60. The van der Waals surface area contributed by atoms with E-state index in [1.54, 1.807) is 18.9 Å². The lowest BCUT2D eigenvalue weighted by molar-refractivity contribution is 0.145. The minimum absolute atomic E-state index is 0.0182. The van der Waals surface area contributed by atoms with Crippen molar-refractivity contribution in [1.29, 1.82) is 5.41 Å². The van der Waals surface area contributed by atoms with Gasteiger partial charge < -0.3 is 15.7 Å². The summed E-state index contributed by atoms with van der Waals surface area (Å²) >= 11 is 0. The van der Waals surface area contributed by atoms with Crippen LogP contribution in [0.5, 0.6) is 0 Å². The van der Waals surface area contributed by atoms with Gasteiger partial charge in [0.25, 0.3) is 0 Å². The first kappa shape index (κ1) is 16.6. The van der Waals surface area contributed by atoms with Gasteiger partial charge in [0.15, 0.2) is 9.84 Å². The summed E-state index contributed by atoms with van der Waals surface area (Å²) in [5, 5.41) is 16.5. The van der Waals surface area contributed by atoms with Gasteiger partial charge in [0.1, 0.15) is 5.84 Å². The van der Waals surface area contributed by atoms with E-state index in [-0.39, 0.29) is 16.5 Å². The van der Waals surface area contributed by atoms with E-state index in [1.165, 1.54) is 24.3 Å². The number of nitrogen functional groups attached to an aromatic ring is 1. The molecule has 0 saturated carbocycles. The summed E-state index contributed by atoms with van der Waals surface area (Å²) in [5.41, 5.74) is 5.82. The number of rotatable bonds is 7. The number of hydrogen-bond acceptors (Lipinski definition) is 5. The number of benzene rings is 1. The van der Waals surface area contributed by atoms with Crippen LogP contribution in [0.25, 0.3) is 0 Å². The first-order valence-electron chi connectivity index (χ1n) is 6.26. The molecule has 0 aromatic heterocycles. The number of aliphatic hydroxyl groups excluding tert-OH is 1. The molecular weight excluding hydrogens is 278 g/mol. The Labute approximate surface area is 119 Å². The molecule has 0 radical (unpaired) electrons. The van der Waals surface area contributed by atoms with Crippen molar-refractivity contribution in [2.24, 2.45) is 5.73 Å². The molecule has 1 aromatic rings. The quantitative estimate of drug-likeness (QED) is 0.487. The third-order valence-corrected chi connectivity index (χ3v) is 4.55. The first-order chi connectivity index (χ1) is 9.22. The molecule has 0 amide bonds. The minimum Gasteiger partial charge on any atom is -0.392 e. The van der Waals surface area contributed by atoms with Crippen molar-refractivity contribution in [3.63, 3.8) is 0 Å². The summed E-state index contributed by atoms with van der Waals surface area (Å²) in [6.45, 7) is 2.44. The maximum Gasteiger partial charge on any atom is 0.179 e. The number of hydrogen-bond donors (Lipinski definition) is 3. The zero-order chi connectivity index (χ0) is 15.3. The van der Waals surface area contributed by atoms with Gasteiger partial charge in [-0.3, -0.25) is 5.41 Å². The van der Waals surface area contributed by atoms with E-state index < -0.39 is 15.9 Å². The number of nitrogens with zero attached hydrogens (tertiary/aromatic N) is 1. The Hall–Kier alpha value is -1.44. The molecule has 0 aliphatic rings. The summed E-state index contributed by atoms with van der Waals surface area (Å²) in [5.74, 6) is -0.110. The Morgan fingerprint density at radius 2 is 1.95 bits per heavy atom. The Morgan fingerprint density at radius 1 is 1.40 bits per heavy atom. The molecule has 0 aliphatic carbocycles. The predicted molar refractivity (Wildman–Crippen MR) is 78.7 cm³/mol. The van der Waals surface area contributed by atoms with E-state index in [2.05, 4.69) is 0 Å². The Bertz CT molecular complexity index is 553. The summed E-state index contributed by atoms with van der Waals surface area (Å²) < 4.78 is 24.3. The van der Waals surface area contributed by atoms with Gasteiger partial charge in [-0.1, -0.05) is 12.1 Å². The first-order valence-corrected chi connectivity index (χ1v) is 7.91. The number of likely N-dealkylation sites (N-methyl/N-ethyl adjacent to an activating group) is 1. The average Bonchev–Trinajstić information content (AvgIpc) is 2.36. The Kier molecular flexibility index (Phi) is 5.67. The smallest absolute Gasteiger partial charge is 0.179 e. The fourth-order valence-corrected chi connectivity index (χ4v) is 3.12. The molecule has 0 saturated heterocycles. The highest BCUT2D eigenvalue weighted by molar-refractivity contribution is 7.91. The SMILES string of the molecule is CC(O)CN(C)CCS(=O)(=O)c1ccc(C(=N)N)cc1. The monoisotopic (exact) mass is 299 g/mol. The van der Waals surface area contributed by atoms with Crippen molar-refractivity contribution in [2.45, 2.75) is 17.9 Å². The van der Waals surface area contributed by atoms with Gasteiger partial charge in [-0.2, -0.15) is 0 Å². The second-order valence-electron chi connectivity index (χ2n) is 4.87. The number of nitrogens with one attached hydrogen (secondary N) is 1. The minimum atomic E-state index is -3.37. The summed E-state index contributed by atoms with van der Waals surface area (Å²) in [6.07, 6.45) is -0.488. The van der Waals surface area contributed by atoms with Crippen LogP contribution in [-0.2, 0) is 9.84 Å². The molecule has 4 N–H and O–H groups in total. The van der Waals surface area contributed by atoms with Crippen LogP contribution in [0.1, 0.15) is 12.5 Å². The average molecular weight is 299 g/mol. The van der Waals surface area contributed by atoms with Crippen LogP contribution in [0.2, 0.25) is 0 Å². The topological polar surface area (TPSA) is 107 Å². The van der Waals surface area contributed by atoms with Gasteiger partial charge in [0.2, 0.25) is 0 Å². The van der Waals surface area contributed by atoms with Gasteiger partial charge in [-0.05, 0) is 26.1 Å². The van der Waals surface area contributed by atoms with Crippen LogP contribution in [0.15, 0.2) is 29.2 Å². The molecule has 0 heterocycles. The molecule has 112 valence electrons. The highest BCUT2D eigenvalue weighted by Gasteiger charge is 2.16. The highest BCUT2D eigenvalue weighted by atomic mass is 32.2. The molecule has 1 unspecified atom stereocenters. The molecule has 6 nitrogen and oxygen atoms in total. The van der Waals surface area contributed by atoms with E-state index in [1.807, 2.05) is 0 Å². The molecule has 7 heteroatoms. The van der Waals surface area contributed by atoms with Crippen molar-refractivity contribution in [3.05, 3.63) is 29.8 Å². The van der Waals surface area contributed by atoms with Crippen molar-refractivity contribution in [2.75, 3.05) is 25.9 Å². The fourth-order valence-electron chi connectivity index (χ4n) is 1.78. The van der Waals surface area contributed by atoms with Crippen molar-refractivity contribution in [1.82, 2.24) is 4.90 Å².